The molecule has 2 heterocycles. The Balaban J connectivity index is 1.29. The van der Waals surface area contributed by atoms with Crippen LogP contribution in [0, 0.1) is 11.2 Å². The second kappa shape index (κ2) is 7.65. The van der Waals surface area contributed by atoms with Crippen molar-refractivity contribution in [3.63, 3.8) is 0 Å². The first-order chi connectivity index (χ1) is 15.2. The number of amides is 2. The fraction of sp³-hybridized carbons (Fsp3) is 0.500. The van der Waals surface area contributed by atoms with E-state index in [-0.39, 0.29) is 34.4 Å². The van der Waals surface area contributed by atoms with Gasteiger partial charge in [-0.1, -0.05) is 11.6 Å². The lowest BCUT2D eigenvalue weighted by molar-refractivity contribution is -0.00305. The summed E-state index contributed by atoms with van der Waals surface area (Å²) in [6.45, 7) is 1.35. The number of hydrogen-bond acceptors (Lipinski definition) is 5. The maximum atomic E-state index is 13.4. The van der Waals surface area contributed by atoms with Crippen LogP contribution in [0.2, 0.25) is 5.02 Å². The number of nitrogen functional groups attached to an aromatic ring is 1. The van der Waals surface area contributed by atoms with Crippen LogP contribution in [-0.2, 0) is 11.8 Å². The van der Waals surface area contributed by atoms with E-state index in [2.05, 4.69) is 10.4 Å². The molecule has 3 fully saturated rings. The molecule has 0 radical (unpaired) electrons. The van der Waals surface area contributed by atoms with Gasteiger partial charge in [-0.3, -0.25) is 9.48 Å². The Morgan fingerprint density at radius 1 is 1.31 bits per heavy atom. The van der Waals surface area contributed by atoms with Crippen molar-refractivity contribution < 1.29 is 18.7 Å². The summed E-state index contributed by atoms with van der Waals surface area (Å²) in [6.07, 6.45) is 4.46. The first-order valence-corrected chi connectivity index (χ1v) is 11.2. The van der Waals surface area contributed by atoms with Crippen molar-refractivity contribution in [3.8, 4) is 0 Å². The van der Waals surface area contributed by atoms with E-state index in [1.807, 2.05) is 0 Å². The smallest absolute Gasteiger partial charge is 0.410 e. The number of nitrogens with zero attached hydrogens (tertiary/aromatic N) is 3. The molecule has 1 aromatic heterocycles. The molecule has 1 aromatic carbocycles. The Morgan fingerprint density at radius 2 is 2.06 bits per heavy atom. The van der Waals surface area contributed by atoms with Gasteiger partial charge in [-0.2, -0.15) is 5.10 Å². The molecule has 10 heteroatoms. The van der Waals surface area contributed by atoms with Crippen LogP contribution in [0.25, 0.3) is 0 Å². The first kappa shape index (κ1) is 21.1. The number of carbonyl (C=O) groups is 2. The Bertz CT molecular complexity index is 1090. The van der Waals surface area contributed by atoms with E-state index in [9.17, 15) is 14.0 Å². The quantitative estimate of drug-likeness (QED) is 0.718. The van der Waals surface area contributed by atoms with Gasteiger partial charge in [0.15, 0.2) is 0 Å². The maximum Gasteiger partial charge on any atom is 0.410 e. The van der Waals surface area contributed by atoms with Crippen LogP contribution in [-0.4, -0.2) is 45.9 Å². The van der Waals surface area contributed by atoms with Crippen molar-refractivity contribution >= 4 is 35.1 Å². The summed E-state index contributed by atoms with van der Waals surface area (Å²) in [5, 5.41) is 7.22. The molecule has 1 saturated heterocycles. The fourth-order valence-electron chi connectivity index (χ4n) is 4.87. The van der Waals surface area contributed by atoms with Crippen LogP contribution in [0.3, 0.4) is 0 Å². The molecule has 3 aliphatic rings. The molecule has 1 atom stereocenters. The van der Waals surface area contributed by atoms with Gasteiger partial charge in [0.2, 0.25) is 0 Å². The highest BCUT2D eigenvalue weighted by Crippen LogP contribution is 2.52. The number of ether oxygens (including phenoxy) is 1. The number of aromatic nitrogens is 2. The lowest BCUT2D eigenvalue weighted by Crippen LogP contribution is -2.57. The highest BCUT2D eigenvalue weighted by atomic mass is 35.5. The van der Waals surface area contributed by atoms with Crippen molar-refractivity contribution in [2.45, 2.75) is 44.1 Å². The Hall–Kier alpha value is -2.81. The molecule has 2 saturated carbocycles. The number of nitrogens with two attached hydrogens (primary N) is 1. The molecule has 2 amide bonds. The number of carbonyl (C=O) groups excluding carboxylic acids is 2. The molecule has 0 bridgehead atoms. The number of benzene rings is 1. The van der Waals surface area contributed by atoms with Crippen LogP contribution in [0.1, 0.15) is 54.1 Å². The topological polar surface area (TPSA) is 102 Å². The Kier molecular flexibility index (Phi) is 5.03. The molecule has 1 unspecified atom stereocenters. The van der Waals surface area contributed by atoms with E-state index in [1.165, 1.54) is 22.9 Å². The summed E-state index contributed by atoms with van der Waals surface area (Å²) >= 11 is 5.83. The molecule has 170 valence electrons. The van der Waals surface area contributed by atoms with Crippen molar-refractivity contribution in [3.05, 3.63) is 40.3 Å². The van der Waals surface area contributed by atoms with Gasteiger partial charge in [0.05, 0.1) is 10.7 Å². The van der Waals surface area contributed by atoms with Gasteiger partial charge in [-0.05, 0) is 50.3 Å². The SMILES string of the molecule is Cn1nc(C2CCC3(C2)CN(C(=O)OC2CC2)C3)c(C(=O)Nc2ccc(F)c(Cl)c2)c1N. The number of nitrogens with one attached hydrogen (secondary N) is 1. The number of anilines is 2. The van der Waals surface area contributed by atoms with E-state index in [1.54, 1.807) is 11.9 Å². The normalized spacial score (nSPS) is 21.5. The molecular weight excluding hydrogens is 437 g/mol. The predicted octanol–water partition coefficient (Wildman–Crippen LogP) is 3.92. The molecule has 2 aromatic rings. The zero-order valence-corrected chi connectivity index (χ0v) is 18.5. The fourth-order valence-corrected chi connectivity index (χ4v) is 5.05. The van der Waals surface area contributed by atoms with Crippen LogP contribution in [0.15, 0.2) is 18.2 Å². The predicted molar refractivity (Wildman–Crippen MR) is 117 cm³/mol. The third-order valence-electron chi connectivity index (χ3n) is 6.72. The number of likely N-dealkylation sites (tertiary alicyclic amines) is 1. The summed E-state index contributed by atoms with van der Waals surface area (Å²) in [7, 11) is 1.70. The standard InChI is InChI=1S/C22H25ClFN5O3/c1-28-19(25)17(20(30)26-13-2-5-16(24)15(23)8-13)18(27-28)12-6-7-22(9-12)10-29(11-22)21(31)32-14-3-4-14/h2,5,8,12,14H,3-4,6-7,9-11,25H2,1H3,(H,26,30). The second-order valence-corrected chi connectivity index (χ2v) is 9.64. The van der Waals surface area contributed by atoms with Gasteiger partial charge < -0.3 is 20.7 Å². The number of halogens is 2. The first-order valence-electron chi connectivity index (χ1n) is 10.8. The Labute approximate surface area is 189 Å². The van der Waals surface area contributed by atoms with Crippen LogP contribution >= 0.6 is 11.6 Å². The van der Waals surface area contributed by atoms with E-state index in [0.717, 1.165) is 32.1 Å². The number of aryl methyl sites for hydroxylation is 1. The van der Waals surface area contributed by atoms with E-state index in [0.29, 0.717) is 30.0 Å². The van der Waals surface area contributed by atoms with Gasteiger partial charge in [-0.25, -0.2) is 9.18 Å². The molecule has 32 heavy (non-hydrogen) atoms. The molecule has 2 aliphatic carbocycles. The third-order valence-corrected chi connectivity index (χ3v) is 7.00. The largest absolute Gasteiger partial charge is 0.446 e. The van der Waals surface area contributed by atoms with Gasteiger partial charge >= 0.3 is 6.09 Å². The lowest BCUT2D eigenvalue weighted by atomic mass is 9.77. The number of hydrogen-bond donors (Lipinski definition) is 2. The van der Waals surface area contributed by atoms with Crippen molar-refractivity contribution in [1.29, 1.82) is 0 Å². The second-order valence-electron chi connectivity index (χ2n) is 9.23. The lowest BCUT2D eigenvalue weighted by Gasteiger charge is -2.47. The summed E-state index contributed by atoms with van der Waals surface area (Å²) < 4.78 is 20.3. The van der Waals surface area contributed by atoms with Crippen molar-refractivity contribution in [1.82, 2.24) is 14.7 Å². The minimum Gasteiger partial charge on any atom is -0.446 e. The highest BCUT2D eigenvalue weighted by molar-refractivity contribution is 6.31. The van der Waals surface area contributed by atoms with Gasteiger partial charge in [-0.15, -0.1) is 0 Å². The zero-order valence-electron chi connectivity index (χ0n) is 17.7. The van der Waals surface area contributed by atoms with Gasteiger partial charge in [0, 0.05) is 37.2 Å². The van der Waals surface area contributed by atoms with Gasteiger partial charge in [0.1, 0.15) is 23.3 Å². The van der Waals surface area contributed by atoms with Crippen LogP contribution in [0.4, 0.5) is 20.7 Å². The monoisotopic (exact) mass is 461 g/mol. The average molecular weight is 462 g/mol. The zero-order chi connectivity index (χ0) is 22.6. The van der Waals surface area contributed by atoms with Crippen LogP contribution < -0.4 is 11.1 Å². The third kappa shape index (κ3) is 3.79. The molecule has 3 N–H and O–H groups in total. The minimum absolute atomic E-state index is 0.0394. The number of rotatable bonds is 4. The summed E-state index contributed by atoms with van der Waals surface area (Å²) in [6, 6.07) is 4.00. The van der Waals surface area contributed by atoms with E-state index in [4.69, 9.17) is 22.1 Å². The average Bonchev–Trinajstić information content (AvgIpc) is 3.32. The molecule has 1 aliphatic heterocycles. The molecular formula is C22H25ClFN5O3. The van der Waals surface area contributed by atoms with E-state index >= 15 is 0 Å². The Morgan fingerprint density at radius 3 is 2.75 bits per heavy atom. The molecule has 5 rings (SSSR count). The van der Waals surface area contributed by atoms with Crippen molar-refractivity contribution in [2.24, 2.45) is 12.5 Å². The van der Waals surface area contributed by atoms with E-state index < -0.39 is 11.7 Å². The highest BCUT2D eigenvalue weighted by Gasteiger charge is 2.52. The van der Waals surface area contributed by atoms with Gasteiger partial charge in [0.25, 0.3) is 5.91 Å². The summed E-state index contributed by atoms with van der Waals surface area (Å²) in [4.78, 5) is 27.0. The molecule has 1 spiro atoms. The summed E-state index contributed by atoms with van der Waals surface area (Å²) in [5.74, 6) is -0.622. The van der Waals surface area contributed by atoms with Crippen LogP contribution in [0.5, 0.6) is 0 Å². The van der Waals surface area contributed by atoms with Crippen molar-refractivity contribution in [2.75, 3.05) is 24.1 Å². The summed E-state index contributed by atoms with van der Waals surface area (Å²) in [5.41, 5.74) is 7.60. The maximum absolute atomic E-state index is 13.4. The minimum atomic E-state index is -0.557. The molecule has 8 nitrogen and oxygen atoms in total.